The molecule has 120 valence electrons. The summed E-state index contributed by atoms with van der Waals surface area (Å²) in [7, 11) is 3.09. The fourth-order valence-corrected chi connectivity index (χ4v) is 2.69. The van der Waals surface area contributed by atoms with Crippen LogP contribution < -0.4 is 19.1 Å². The second kappa shape index (κ2) is 6.38. The molecule has 23 heavy (non-hydrogen) atoms. The number of rotatable bonds is 3. The van der Waals surface area contributed by atoms with E-state index >= 15 is 0 Å². The third kappa shape index (κ3) is 2.92. The van der Waals surface area contributed by atoms with Crippen molar-refractivity contribution in [3.63, 3.8) is 0 Å². The highest BCUT2D eigenvalue weighted by Gasteiger charge is 2.25. The Morgan fingerprint density at radius 1 is 1.13 bits per heavy atom. The number of hydrogen-bond donors (Lipinski definition) is 0. The van der Waals surface area contributed by atoms with Crippen molar-refractivity contribution in [1.29, 1.82) is 0 Å². The molecule has 6 heteroatoms. The zero-order chi connectivity index (χ0) is 16.4. The van der Waals surface area contributed by atoms with Crippen LogP contribution in [0.15, 0.2) is 36.4 Å². The van der Waals surface area contributed by atoms with E-state index in [1.54, 1.807) is 48.4 Å². The van der Waals surface area contributed by atoms with E-state index < -0.39 is 0 Å². The minimum Gasteiger partial charge on any atom is -0.493 e. The summed E-state index contributed by atoms with van der Waals surface area (Å²) in [5, 5.41) is 0.555. The van der Waals surface area contributed by atoms with Gasteiger partial charge in [0.15, 0.2) is 11.5 Å². The fraction of sp³-hybridized carbons (Fsp3) is 0.235. The average Bonchev–Trinajstić information content (AvgIpc) is 2.59. The molecule has 2 aromatic rings. The first-order valence-electron chi connectivity index (χ1n) is 7.10. The third-order valence-electron chi connectivity index (χ3n) is 3.66. The summed E-state index contributed by atoms with van der Waals surface area (Å²) in [5.41, 5.74) is 1.18. The van der Waals surface area contributed by atoms with E-state index in [9.17, 15) is 4.79 Å². The van der Waals surface area contributed by atoms with Gasteiger partial charge in [0, 0.05) is 10.6 Å². The zero-order valence-electron chi connectivity index (χ0n) is 12.8. The van der Waals surface area contributed by atoms with E-state index in [-0.39, 0.29) is 5.91 Å². The number of methoxy groups -OCH3 is 2. The molecule has 1 aliphatic rings. The third-order valence-corrected chi connectivity index (χ3v) is 3.89. The quantitative estimate of drug-likeness (QED) is 0.863. The molecular weight excluding hydrogens is 318 g/mol. The normalized spacial score (nSPS) is 13.1. The van der Waals surface area contributed by atoms with Gasteiger partial charge in [-0.05, 0) is 36.4 Å². The lowest BCUT2D eigenvalue weighted by Gasteiger charge is -2.29. The molecule has 1 amide bonds. The van der Waals surface area contributed by atoms with Gasteiger partial charge in [-0.15, -0.1) is 0 Å². The Bertz CT molecular complexity index is 747. The van der Waals surface area contributed by atoms with E-state index in [0.717, 1.165) is 0 Å². The van der Waals surface area contributed by atoms with Crippen LogP contribution in [0.2, 0.25) is 5.02 Å². The number of nitrogens with zero attached hydrogens (tertiary/aromatic N) is 1. The van der Waals surface area contributed by atoms with Gasteiger partial charge in [0.1, 0.15) is 12.4 Å². The largest absolute Gasteiger partial charge is 0.493 e. The van der Waals surface area contributed by atoms with Gasteiger partial charge in [-0.3, -0.25) is 4.79 Å². The molecule has 0 fully saturated rings. The lowest BCUT2D eigenvalue weighted by atomic mass is 10.1. The minimum atomic E-state index is -0.141. The maximum atomic E-state index is 12.9. The Morgan fingerprint density at radius 2 is 1.91 bits per heavy atom. The minimum absolute atomic E-state index is 0.141. The van der Waals surface area contributed by atoms with Gasteiger partial charge in [-0.2, -0.15) is 0 Å². The van der Waals surface area contributed by atoms with Crippen molar-refractivity contribution in [2.24, 2.45) is 0 Å². The predicted octanol–water partition coefficient (Wildman–Crippen LogP) is 3.40. The van der Waals surface area contributed by atoms with Crippen LogP contribution >= 0.6 is 11.6 Å². The van der Waals surface area contributed by atoms with Crippen LogP contribution in [0.5, 0.6) is 17.2 Å². The number of anilines is 1. The van der Waals surface area contributed by atoms with Crippen LogP contribution in [0.3, 0.4) is 0 Å². The lowest BCUT2D eigenvalue weighted by Crippen LogP contribution is -2.37. The Kier molecular flexibility index (Phi) is 4.30. The molecule has 0 aliphatic carbocycles. The summed E-state index contributed by atoms with van der Waals surface area (Å²) in [6.45, 7) is 0.897. The Morgan fingerprint density at radius 3 is 2.65 bits per heavy atom. The molecule has 0 saturated heterocycles. The first-order valence-corrected chi connectivity index (χ1v) is 7.48. The molecule has 1 heterocycles. The molecule has 2 aromatic carbocycles. The molecule has 5 nitrogen and oxygen atoms in total. The second-order valence-corrected chi connectivity index (χ2v) is 5.42. The van der Waals surface area contributed by atoms with Crippen molar-refractivity contribution in [1.82, 2.24) is 0 Å². The molecule has 0 bridgehead atoms. The van der Waals surface area contributed by atoms with Gasteiger partial charge in [0.25, 0.3) is 5.91 Å². The first kappa shape index (κ1) is 15.5. The van der Waals surface area contributed by atoms with Crippen molar-refractivity contribution in [3.05, 3.63) is 47.0 Å². The van der Waals surface area contributed by atoms with Crippen LogP contribution in [0.4, 0.5) is 5.69 Å². The Hall–Kier alpha value is -2.40. The van der Waals surface area contributed by atoms with E-state index in [4.69, 9.17) is 25.8 Å². The van der Waals surface area contributed by atoms with Crippen molar-refractivity contribution >= 4 is 23.2 Å². The van der Waals surface area contributed by atoms with Crippen LogP contribution in [0, 0.1) is 0 Å². The number of ether oxygens (including phenoxy) is 3. The van der Waals surface area contributed by atoms with Gasteiger partial charge in [0.2, 0.25) is 0 Å². The van der Waals surface area contributed by atoms with E-state index in [1.165, 1.54) is 7.11 Å². The number of benzene rings is 2. The molecule has 0 radical (unpaired) electrons. The van der Waals surface area contributed by atoms with Gasteiger partial charge >= 0.3 is 0 Å². The molecule has 0 spiro atoms. The topological polar surface area (TPSA) is 48.0 Å². The maximum Gasteiger partial charge on any atom is 0.258 e. The summed E-state index contributed by atoms with van der Waals surface area (Å²) in [6, 6.07) is 10.3. The molecule has 0 atom stereocenters. The number of carbonyl (C=O) groups excluding carboxylic acids is 1. The molecular formula is C17H16ClNO4. The number of halogens is 1. The van der Waals surface area contributed by atoms with Crippen LogP contribution in [0.25, 0.3) is 0 Å². The number of carbonyl (C=O) groups is 1. The maximum absolute atomic E-state index is 12.9. The van der Waals surface area contributed by atoms with Gasteiger partial charge in [0.05, 0.1) is 26.5 Å². The number of hydrogen-bond acceptors (Lipinski definition) is 4. The van der Waals surface area contributed by atoms with Crippen LogP contribution in [0.1, 0.15) is 10.4 Å². The van der Waals surface area contributed by atoms with Crippen molar-refractivity contribution in [3.8, 4) is 17.2 Å². The molecule has 0 saturated carbocycles. The highest BCUT2D eigenvalue weighted by molar-refractivity contribution is 6.31. The SMILES string of the molecule is COc1ccc(C(=O)N2CCOc3ccc(Cl)cc32)cc1OC. The zero-order valence-corrected chi connectivity index (χ0v) is 13.6. The predicted molar refractivity (Wildman–Crippen MR) is 88.2 cm³/mol. The smallest absolute Gasteiger partial charge is 0.258 e. The summed E-state index contributed by atoms with van der Waals surface area (Å²) in [6.07, 6.45) is 0. The van der Waals surface area contributed by atoms with E-state index in [1.807, 2.05) is 0 Å². The Labute approximate surface area is 139 Å². The van der Waals surface area contributed by atoms with Gasteiger partial charge in [-0.25, -0.2) is 0 Å². The highest BCUT2D eigenvalue weighted by atomic mass is 35.5. The monoisotopic (exact) mass is 333 g/mol. The summed E-state index contributed by atoms with van der Waals surface area (Å²) >= 11 is 6.05. The standard InChI is InChI=1S/C17H16ClNO4/c1-21-15-5-3-11(9-16(15)22-2)17(20)19-7-8-23-14-6-4-12(18)10-13(14)19/h3-6,9-10H,7-8H2,1-2H3. The summed E-state index contributed by atoms with van der Waals surface area (Å²) < 4.78 is 16.0. The van der Waals surface area contributed by atoms with E-state index in [0.29, 0.717) is 46.7 Å². The lowest BCUT2D eigenvalue weighted by molar-refractivity contribution is 0.0976. The van der Waals surface area contributed by atoms with Gasteiger partial charge in [-0.1, -0.05) is 11.6 Å². The summed E-state index contributed by atoms with van der Waals surface area (Å²) in [5.74, 6) is 1.60. The molecule has 0 N–H and O–H groups in total. The van der Waals surface area contributed by atoms with Crippen LogP contribution in [-0.4, -0.2) is 33.3 Å². The van der Waals surface area contributed by atoms with Crippen molar-refractivity contribution in [2.75, 3.05) is 32.3 Å². The summed E-state index contributed by atoms with van der Waals surface area (Å²) in [4.78, 5) is 14.5. The molecule has 0 aromatic heterocycles. The molecule has 1 aliphatic heterocycles. The van der Waals surface area contributed by atoms with Gasteiger partial charge < -0.3 is 19.1 Å². The fourth-order valence-electron chi connectivity index (χ4n) is 2.53. The van der Waals surface area contributed by atoms with Crippen molar-refractivity contribution < 1.29 is 19.0 Å². The molecule has 0 unspecified atom stereocenters. The Balaban J connectivity index is 1.97. The van der Waals surface area contributed by atoms with E-state index in [2.05, 4.69) is 0 Å². The average molecular weight is 334 g/mol. The van der Waals surface area contributed by atoms with Crippen LogP contribution in [-0.2, 0) is 0 Å². The number of fused-ring (bicyclic) bond motifs is 1. The second-order valence-electron chi connectivity index (χ2n) is 4.99. The first-order chi connectivity index (χ1) is 11.1. The highest BCUT2D eigenvalue weighted by Crippen LogP contribution is 2.35. The molecule has 3 rings (SSSR count). The number of amides is 1. The van der Waals surface area contributed by atoms with Crippen molar-refractivity contribution in [2.45, 2.75) is 0 Å².